The maximum atomic E-state index is 12.9. The Balaban J connectivity index is 0.000000555. The highest BCUT2D eigenvalue weighted by atomic mass is 35.5. The fraction of sp³-hybridized carbons (Fsp3) is 0.389. The Morgan fingerprint density at radius 1 is 1.36 bits per heavy atom. The smallest absolute Gasteiger partial charge is 0.356 e. The Bertz CT molecular complexity index is 1250. The molecule has 15 heteroatoms. The van der Waals surface area contributed by atoms with E-state index in [9.17, 15) is 13.0 Å². The van der Waals surface area contributed by atoms with Crippen LogP contribution in [0.2, 0.25) is 5.02 Å². The predicted octanol–water partition coefficient (Wildman–Crippen LogP) is 2.91. The third-order valence-electron chi connectivity index (χ3n) is 4.33. The first kappa shape index (κ1) is 25.5. The molecular weight excluding hydrogens is 497 g/mol. The number of ether oxygens (including phenoxy) is 1. The molecule has 1 fully saturated rings. The summed E-state index contributed by atoms with van der Waals surface area (Å²) in [6.07, 6.45) is 3.85. The minimum Gasteiger partial charge on any atom is -0.382 e. The molecule has 180 valence electrons. The molecule has 33 heavy (non-hydrogen) atoms. The van der Waals surface area contributed by atoms with Gasteiger partial charge in [-0.1, -0.05) is 23.7 Å². The molecule has 2 aromatic heterocycles. The van der Waals surface area contributed by atoms with Gasteiger partial charge in [-0.15, -0.1) is 0 Å². The Hall–Kier alpha value is -2.12. The van der Waals surface area contributed by atoms with Crippen LogP contribution in [0.15, 0.2) is 36.9 Å². The number of hydrogen-bond acceptors (Lipinski definition) is 10. The van der Waals surface area contributed by atoms with Crippen LogP contribution >= 0.6 is 19.2 Å². The minimum absolute atomic E-state index is 0.131. The van der Waals surface area contributed by atoms with Gasteiger partial charge in [0.25, 0.3) is 10.1 Å². The molecule has 2 atom stereocenters. The van der Waals surface area contributed by atoms with Crippen molar-refractivity contribution in [3.05, 3.63) is 47.5 Å². The van der Waals surface area contributed by atoms with E-state index in [2.05, 4.69) is 15.0 Å². The number of aromatic nitrogens is 4. The lowest BCUT2D eigenvalue weighted by Crippen LogP contribution is -2.17. The molecule has 1 saturated heterocycles. The van der Waals surface area contributed by atoms with Crippen LogP contribution in [0.1, 0.15) is 18.1 Å². The van der Waals surface area contributed by atoms with Gasteiger partial charge in [0.2, 0.25) is 0 Å². The molecule has 1 aliphatic rings. The van der Waals surface area contributed by atoms with Crippen LogP contribution in [0.5, 0.6) is 0 Å². The van der Waals surface area contributed by atoms with Gasteiger partial charge >= 0.3 is 7.60 Å². The van der Waals surface area contributed by atoms with Gasteiger partial charge in [0, 0.05) is 18.0 Å². The van der Waals surface area contributed by atoms with Gasteiger partial charge < -0.3 is 19.6 Å². The van der Waals surface area contributed by atoms with E-state index in [1.54, 1.807) is 23.0 Å². The van der Waals surface area contributed by atoms with Crippen LogP contribution in [0, 0.1) is 0 Å². The number of anilines is 1. The first-order valence-electron chi connectivity index (χ1n) is 9.63. The van der Waals surface area contributed by atoms with Crippen molar-refractivity contribution >= 4 is 46.3 Å². The van der Waals surface area contributed by atoms with Crippen LogP contribution in [0.25, 0.3) is 11.2 Å². The SMILES string of the molecule is CS(=O)(=O)O.Nc1ncnc2c1ncn2CCOC[P@]1(=O)OCC[C@@H](c2cccc(Cl)c2)O1. The summed E-state index contributed by atoms with van der Waals surface area (Å²) in [5, 5.41) is 0.607. The zero-order valence-electron chi connectivity index (χ0n) is 17.6. The quantitative estimate of drug-likeness (QED) is 0.279. The minimum atomic E-state index is -3.67. The number of nitrogens with zero attached hydrogens (tertiary/aromatic N) is 4. The van der Waals surface area contributed by atoms with Crippen molar-refractivity contribution in [1.82, 2.24) is 19.5 Å². The number of benzene rings is 1. The largest absolute Gasteiger partial charge is 0.382 e. The number of halogens is 1. The molecule has 3 heterocycles. The van der Waals surface area contributed by atoms with E-state index >= 15 is 0 Å². The maximum Gasteiger partial charge on any atom is 0.356 e. The summed E-state index contributed by atoms with van der Waals surface area (Å²) in [5.41, 5.74) is 7.81. The second kappa shape index (κ2) is 10.9. The molecular formula is C18H23ClN5O7PS. The Kier molecular flexibility index (Phi) is 8.40. The molecule has 0 amide bonds. The summed E-state index contributed by atoms with van der Waals surface area (Å²) in [6.45, 7) is 1.08. The highest BCUT2D eigenvalue weighted by molar-refractivity contribution is 7.85. The molecule has 0 unspecified atom stereocenters. The van der Waals surface area contributed by atoms with Gasteiger partial charge in [0.05, 0.1) is 31.9 Å². The highest BCUT2D eigenvalue weighted by Crippen LogP contribution is 2.56. The van der Waals surface area contributed by atoms with Gasteiger partial charge in [-0.3, -0.25) is 13.6 Å². The molecule has 0 bridgehead atoms. The summed E-state index contributed by atoms with van der Waals surface area (Å²) in [4.78, 5) is 12.3. The fourth-order valence-electron chi connectivity index (χ4n) is 2.98. The van der Waals surface area contributed by atoms with Crippen LogP contribution < -0.4 is 5.73 Å². The second-order valence-corrected chi connectivity index (χ2v) is 10.9. The summed E-state index contributed by atoms with van der Waals surface area (Å²) in [7, 11) is -7.02. The number of fused-ring (bicyclic) bond motifs is 1. The van der Waals surface area contributed by atoms with E-state index in [0.29, 0.717) is 47.8 Å². The van der Waals surface area contributed by atoms with Crippen molar-refractivity contribution in [2.24, 2.45) is 0 Å². The van der Waals surface area contributed by atoms with E-state index in [0.717, 1.165) is 5.56 Å². The van der Waals surface area contributed by atoms with E-state index in [1.807, 2.05) is 12.1 Å². The number of nitrogen functional groups attached to an aromatic ring is 1. The molecule has 0 aliphatic carbocycles. The van der Waals surface area contributed by atoms with E-state index in [1.165, 1.54) is 6.33 Å². The van der Waals surface area contributed by atoms with Crippen molar-refractivity contribution in [2.45, 2.75) is 19.1 Å². The number of imidazole rings is 1. The highest BCUT2D eigenvalue weighted by Gasteiger charge is 2.34. The number of rotatable bonds is 6. The Morgan fingerprint density at radius 2 is 2.12 bits per heavy atom. The molecule has 3 aromatic rings. The van der Waals surface area contributed by atoms with Crippen LogP contribution in [0.3, 0.4) is 0 Å². The normalized spacial score (nSPS) is 20.9. The van der Waals surface area contributed by atoms with Crippen molar-refractivity contribution in [3.63, 3.8) is 0 Å². The molecule has 3 N–H and O–H groups in total. The fourth-order valence-corrected chi connectivity index (χ4v) is 4.73. The average molecular weight is 520 g/mol. The summed E-state index contributed by atoms with van der Waals surface area (Å²) in [5.74, 6) is 0.324. The lowest BCUT2D eigenvalue weighted by molar-refractivity contribution is 0.0563. The molecule has 4 rings (SSSR count). The Morgan fingerprint density at radius 3 is 2.85 bits per heavy atom. The van der Waals surface area contributed by atoms with E-state index in [-0.39, 0.29) is 19.1 Å². The van der Waals surface area contributed by atoms with E-state index in [4.69, 9.17) is 35.7 Å². The molecule has 1 aliphatic heterocycles. The van der Waals surface area contributed by atoms with Crippen molar-refractivity contribution < 1.29 is 31.3 Å². The summed E-state index contributed by atoms with van der Waals surface area (Å²) >= 11 is 6.03. The zero-order chi connectivity index (χ0) is 24.1. The summed E-state index contributed by atoms with van der Waals surface area (Å²) < 4.78 is 57.2. The molecule has 0 radical (unpaired) electrons. The number of nitrogens with two attached hydrogens (primary N) is 1. The van der Waals surface area contributed by atoms with Crippen molar-refractivity contribution in [3.8, 4) is 0 Å². The molecule has 0 saturated carbocycles. The molecule has 1 aromatic carbocycles. The van der Waals surface area contributed by atoms with Gasteiger partial charge in [-0.05, 0) is 17.7 Å². The van der Waals surface area contributed by atoms with Gasteiger partial charge in [0.15, 0.2) is 11.5 Å². The van der Waals surface area contributed by atoms with Crippen LogP contribution in [-0.2, 0) is 35.0 Å². The van der Waals surface area contributed by atoms with Gasteiger partial charge in [-0.25, -0.2) is 15.0 Å². The summed E-state index contributed by atoms with van der Waals surface area (Å²) in [6, 6.07) is 7.32. The van der Waals surface area contributed by atoms with Crippen LogP contribution in [0.4, 0.5) is 5.82 Å². The number of hydrogen-bond donors (Lipinski definition) is 2. The predicted molar refractivity (Wildman–Crippen MR) is 121 cm³/mol. The zero-order valence-corrected chi connectivity index (χ0v) is 20.0. The average Bonchev–Trinajstić information content (AvgIpc) is 3.15. The van der Waals surface area contributed by atoms with Gasteiger partial charge in [-0.2, -0.15) is 8.42 Å². The first-order valence-corrected chi connectivity index (χ1v) is 13.6. The third kappa shape index (κ3) is 7.71. The van der Waals surface area contributed by atoms with Crippen LogP contribution in [-0.4, -0.2) is 58.3 Å². The molecule has 12 nitrogen and oxygen atoms in total. The topological polar surface area (TPSA) is 169 Å². The second-order valence-electron chi connectivity index (χ2n) is 7.02. The van der Waals surface area contributed by atoms with Gasteiger partial charge in [0.1, 0.15) is 18.2 Å². The first-order chi connectivity index (χ1) is 15.5. The Labute approximate surface area is 195 Å². The third-order valence-corrected chi connectivity index (χ3v) is 6.22. The van der Waals surface area contributed by atoms with Crippen molar-refractivity contribution in [1.29, 1.82) is 0 Å². The lowest BCUT2D eigenvalue weighted by Gasteiger charge is -2.30. The lowest BCUT2D eigenvalue weighted by atomic mass is 10.1. The van der Waals surface area contributed by atoms with Crippen molar-refractivity contribution in [2.75, 3.05) is 31.6 Å². The standard InChI is InChI=1S/C17H19ClN5O4P.CH4O3S/c18-13-3-1-2-12(8-13)14-4-6-26-28(24,27-14)11-25-7-5-23-10-22-15-16(19)20-9-21-17(15)23;1-5(2,3)4/h1-3,8-10,14H,4-7,11H2,(H2,19,20,21);1H3,(H,2,3,4)/t14-,28-;/m0./s1. The molecule has 0 spiro atoms. The monoisotopic (exact) mass is 519 g/mol. The van der Waals surface area contributed by atoms with E-state index < -0.39 is 17.7 Å². The maximum absolute atomic E-state index is 12.9.